The second-order valence-electron chi connectivity index (χ2n) is 10.00. The van der Waals surface area contributed by atoms with Crippen molar-refractivity contribution in [1.82, 2.24) is 9.88 Å². The van der Waals surface area contributed by atoms with Gasteiger partial charge in [-0.05, 0) is 79.9 Å². The molecule has 9 heteroatoms. The number of sulfone groups is 1. The number of carbonyl (C=O) groups is 1. The van der Waals surface area contributed by atoms with E-state index in [4.69, 9.17) is 9.47 Å². The molecule has 8 nitrogen and oxygen atoms in total. The van der Waals surface area contributed by atoms with E-state index in [1.807, 2.05) is 36.4 Å². The highest BCUT2D eigenvalue weighted by atomic mass is 32.2. The Bertz CT molecular complexity index is 1430. The lowest BCUT2D eigenvalue weighted by molar-refractivity contribution is -0.112. The number of nitrogens with zero attached hydrogens (tertiary/aromatic N) is 2. The zero-order chi connectivity index (χ0) is 27.2. The second-order valence-corrected chi connectivity index (χ2v) is 12.1. The normalized spacial score (nSPS) is 17.1. The van der Waals surface area contributed by atoms with Crippen LogP contribution in [0.2, 0.25) is 0 Å². The molecule has 1 saturated heterocycles. The first-order valence-electron chi connectivity index (χ1n) is 13.1. The van der Waals surface area contributed by atoms with E-state index in [0.29, 0.717) is 35.2 Å². The summed E-state index contributed by atoms with van der Waals surface area (Å²) in [6.45, 7) is 2.74. The molecule has 0 aliphatic carbocycles. The Morgan fingerprint density at radius 2 is 1.90 bits per heavy atom. The van der Waals surface area contributed by atoms with Gasteiger partial charge in [-0.25, -0.2) is 8.42 Å². The SMILES string of the molecule is CN(Cc1ccc(NC(=O)C2=Cc3cc(OCc4cccnc4)ccc3S(=O)(=O)CC2)cc1)C1CCOCC1. The third-order valence-electron chi connectivity index (χ3n) is 7.16. The molecule has 0 saturated carbocycles. The van der Waals surface area contributed by atoms with Gasteiger partial charge in [0.05, 0.1) is 10.6 Å². The Morgan fingerprint density at radius 3 is 2.64 bits per heavy atom. The summed E-state index contributed by atoms with van der Waals surface area (Å²) in [5.41, 5.74) is 3.59. The zero-order valence-electron chi connectivity index (χ0n) is 22.0. The van der Waals surface area contributed by atoms with Gasteiger partial charge < -0.3 is 14.8 Å². The maximum absolute atomic E-state index is 13.2. The summed E-state index contributed by atoms with van der Waals surface area (Å²) >= 11 is 0. The monoisotopic (exact) mass is 547 g/mol. The van der Waals surface area contributed by atoms with Crippen LogP contribution in [0.15, 0.2) is 77.5 Å². The number of nitrogens with one attached hydrogen (secondary N) is 1. The number of amides is 1. The maximum Gasteiger partial charge on any atom is 0.251 e. The van der Waals surface area contributed by atoms with Gasteiger partial charge in [-0.15, -0.1) is 0 Å². The van der Waals surface area contributed by atoms with Gasteiger partial charge in [0.15, 0.2) is 9.84 Å². The molecule has 0 spiro atoms. The number of hydrogen-bond acceptors (Lipinski definition) is 7. The molecule has 0 atom stereocenters. The van der Waals surface area contributed by atoms with Crippen LogP contribution < -0.4 is 10.1 Å². The van der Waals surface area contributed by atoms with Crippen LogP contribution in [-0.4, -0.2) is 56.3 Å². The fraction of sp³-hybridized carbons (Fsp3) is 0.333. The molecule has 5 rings (SSSR count). The minimum atomic E-state index is -3.54. The van der Waals surface area contributed by atoms with Crippen LogP contribution in [0.1, 0.15) is 36.0 Å². The number of rotatable bonds is 8. The van der Waals surface area contributed by atoms with Gasteiger partial charge in [0.1, 0.15) is 12.4 Å². The van der Waals surface area contributed by atoms with Gasteiger partial charge in [-0.3, -0.25) is 14.7 Å². The van der Waals surface area contributed by atoms with Crippen molar-refractivity contribution in [3.63, 3.8) is 0 Å². The molecule has 1 aromatic heterocycles. The van der Waals surface area contributed by atoms with Crippen LogP contribution in [0.3, 0.4) is 0 Å². The summed E-state index contributed by atoms with van der Waals surface area (Å²) in [5.74, 6) is 0.0749. The first kappa shape index (κ1) is 27.1. The lowest BCUT2D eigenvalue weighted by atomic mass is 10.1. The highest BCUT2D eigenvalue weighted by molar-refractivity contribution is 7.91. The predicted molar refractivity (Wildman–Crippen MR) is 150 cm³/mol. The maximum atomic E-state index is 13.2. The van der Waals surface area contributed by atoms with E-state index in [1.165, 1.54) is 0 Å². The Hall–Kier alpha value is -3.53. The number of aromatic nitrogens is 1. The number of anilines is 1. The summed E-state index contributed by atoms with van der Waals surface area (Å²) in [6, 6.07) is 16.9. The van der Waals surface area contributed by atoms with E-state index in [9.17, 15) is 13.2 Å². The van der Waals surface area contributed by atoms with Crippen molar-refractivity contribution in [3.8, 4) is 5.75 Å². The zero-order valence-corrected chi connectivity index (χ0v) is 22.8. The number of carbonyl (C=O) groups excluding carboxylic acids is 1. The quantitative estimate of drug-likeness (QED) is 0.444. The van der Waals surface area contributed by atoms with Gasteiger partial charge in [0.25, 0.3) is 5.91 Å². The highest BCUT2D eigenvalue weighted by Gasteiger charge is 2.25. The van der Waals surface area contributed by atoms with Crippen LogP contribution in [0, 0.1) is 0 Å². The van der Waals surface area contributed by atoms with Crippen LogP contribution >= 0.6 is 0 Å². The van der Waals surface area contributed by atoms with E-state index in [2.05, 4.69) is 22.2 Å². The molecule has 0 radical (unpaired) electrons. The van der Waals surface area contributed by atoms with E-state index in [1.54, 1.807) is 36.7 Å². The average molecular weight is 548 g/mol. The smallest absolute Gasteiger partial charge is 0.251 e. The van der Waals surface area contributed by atoms with Crippen LogP contribution in [0.5, 0.6) is 5.75 Å². The summed E-state index contributed by atoms with van der Waals surface area (Å²) in [5, 5.41) is 2.93. The third-order valence-corrected chi connectivity index (χ3v) is 8.95. The van der Waals surface area contributed by atoms with Crippen molar-refractivity contribution in [1.29, 1.82) is 0 Å². The van der Waals surface area contributed by atoms with Crippen molar-refractivity contribution in [2.45, 2.75) is 43.4 Å². The van der Waals surface area contributed by atoms with Crippen molar-refractivity contribution >= 4 is 27.5 Å². The van der Waals surface area contributed by atoms with E-state index < -0.39 is 9.84 Å². The average Bonchev–Trinajstić information content (AvgIpc) is 3.09. The number of ether oxygens (including phenoxy) is 2. The largest absolute Gasteiger partial charge is 0.489 e. The Balaban J connectivity index is 1.27. The van der Waals surface area contributed by atoms with Crippen LogP contribution in [0.4, 0.5) is 5.69 Å². The van der Waals surface area contributed by atoms with Crippen LogP contribution in [0.25, 0.3) is 6.08 Å². The topological polar surface area (TPSA) is 97.8 Å². The van der Waals surface area contributed by atoms with Gasteiger partial charge in [0.2, 0.25) is 0 Å². The Kier molecular flexibility index (Phi) is 8.40. The van der Waals surface area contributed by atoms with Crippen LogP contribution in [-0.2, 0) is 32.5 Å². The Morgan fingerprint density at radius 1 is 1.10 bits per heavy atom. The molecular formula is C30H33N3O5S. The lowest BCUT2D eigenvalue weighted by Crippen LogP contribution is -2.36. The first-order chi connectivity index (χ1) is 18.9. The van der Waals surface area contributed by atoms with Crippen molar-refractivity contribution in [2.75, 3.05) is 31.3 Å². The van der Waals surface area contributed by atoms with E-state index in [-0.39, 0.29) is 23.0 Å². The summed E-state index contributed by atoms with van der Waals surface area (Å²) in [4.78, 5) is 19.8. The molecular weight excluding hydrogens is 514 g/mol. The molecule has 0 bridgehead atoms. The molecule has 1 amide bonds. The van der Waals surface area contributed by atoms with Crippen molar-refractivity contribution in [2.24, 2.45) is 0 Å². The van der Waals surface area contributed by atoms with E-state index in [0.717, 1.165) is 43.7 Å². The first-order valence-corrected chi connectivity index (χ1v) is 14.8. The number of fused-ring (bicyclic) bond motifs is 1. The summed E-state index contributed by atoms with van der Waals surface area (Å²) < 4.78 is 37.2. The molecule has 2 aliphatic heterocycles. The molecule has 2 aromatic carbocycles. The second kappa shape index (κ2) is 12.1. The fourth-order valence-corrected chi connectivity index (χ4v) is 6.36. The molecule has 3 heterocycles. The van der Waals surface area contributed by atoms with Gasteiger partial charge in [0, 0.05) is 55.0 Å². The fourth-order valence-electron chi connectivity index (χ4n) is 4.90. The van der Waals surface area contributed by atoms with Crippen molar-refractivity contribution < 1.29 is 22.7 Å². The molecule has 0 unspecified atom stereocenters. The third kappa shape index (κ3) is 6.92. The standard InChI is InChI=1S/C30H33N3O5S/c1-33(27-10-14-37-15-11-27)20-22-4-6-26(7-5-22)32-30(34)24-12-16-39(35,36)29-9-8-28(18-25(29)17-24)38-21-23-3-2-13-31-19-23/h2-9,13,17-19,27H,10-12,14-16,20-21H2,1H3,(H,32,34). The molecule has 1 fully saturated rings. The minimum absolute atomic E-state index is 0.128. The highest BCUT2D eigenvalue weighted by Crippen LogP contribution is 2.30. The lowest BCUT2D eigenvalue weighted by Gasteiger charge is -2.31. The van der Waals surface area contributed by atoms with Gasteiger partial charge in [-0.2, -0.15) is 0 Å². The Labute approximate surface area is 229 Å². The van der Waals surface area contributed by atoms with Gasteiger partial charge in [-0.1, -0.05) is 18.2 Å². The summed E-state index contributed by atoms with van der Waals surface area (Å²) in [6.07, 6.45) is 7.27. The molecule has 2 aliphatic rings. The van der Waals surface area contributed by atoms with Crippen molar-refractivity contribution in [3.05, 3.63) is 89.3 Å². The molecule has 1 N–H and O–H groups in total. The molecule has 204 valence electrons. The number of benzene rings is 2. The number of pyridine rings is 1. The minimum Gasteiger partial charge on any atom is -0.489 e. The van der Waals surface area contributed by atoms with E-state index >= 15 is 0 Å². The van der Waals surface area contributed by atoms with Gasteiger partial charge >= 0.3 is 0 Å². The predicted octanol–water partition coefficient (Wildman–Crippen LogP) is 4.47. The molecule has 3 aromatic rings. The number of hydrogen-bond donors (Lipinski definition) is 1. The summed E-state index contributed by atoms with van der Waals surface area (Å²) in [7, 11) is -1.41. The molecule has 39 heavy (non-hydrogen) atoms.